The third-order valence-electron chi connectivity index (χ3n) is 5.62. The van der Waals surface area contributed by atoms with E-state index in [9.17, 15) is 9.90 Å². The van der Waals surface area contributed by atoms with Gasteiger partial charge >= 0.3 is 6.03 Å². The van der Waals surface area contributed by atoms with Crippen LogP contribution in [0.15, 0.2) is 48.5 Å². The molecule has 0 saturated carbocycles. The molecule has 1 aliphatic rings. The fourth-order valence-electron chi connectivity index (χ4n) is 4.05. The number of anilines is 1. The Kier molecular flexibility index (Phi) is 5.97. The molecule has 2 aromatic carbocycles. The molecule has 0 aliphatic carbocycles. The number of carbonyl (C=O) groups excluding carboxylic acids is 1. The number of piperidine rings is 1. The summed E-state index contributed by atoms with van der Waals surface area (Å²) in [6.07, 6.45) is 4.23. The van der Waals surface area contributed by atoms with Gasteiger partial charge in [0.15, 0.2) is 5.13 Å². The van der Waals surface area contributed by atoms with E-state index in [1.165, 1.54) is 16.9 Å². The van der Waals surface area contributed by atoms with Crippen molar-refractivity contribution in [3.05, 3.63) is 54.1 Å². The highest BCUT2D eigenvalue weighted by Gasteiger charge is 2.31. The van der Waals surface area contributed by atoms with E-state index in [0.717, 1.165) is 49.0 Å². The van der Waals surface area contributed by atoms with Gasteiger partial charge in [-0.3, -0.25) is 5.32 Å². The normalized spacial score (nSPS) is 15.9. The Morgan fingerprint density at radius 3 is 2.76 bits per heavy atom. The van der Waals surface area contributed by atoms with E-state index in [-0.39, 0.29) is 17.2 Å². The SMILES string of the molecule is O=C(NCCC1(Cc2ccccc2)CCNCC1)Nc1nc2ccc(O)cc2s1. The lowest BCUT2D eigenvalue weighted by molar-refractivity contribution is 0.182. The molecule has 6 nitrogen and oxygen atoms in total. The van der Waals surface area contributed by atoms with Crippen molar-refractivity contribution >= 4 is 32.7 Å². The van der Waals surface area contributed by atoms with Crippen molar-refractivity contribution in [2.24, 2.45) is 5.41 Å². The largest absolute Gasteiger partial charge is 0.508 e. The zero-order valence-electron chi connectivity index (χ0n) is 16.3. The third-order valence-corrected chi connectivity index (χ3v) is 6.55. The van der Waals surface area contributed by atoms with Gasteiger partial charge in [0.25, 0.3) is 0 Å². The second-order valence-electron chi connectivity index (χ2n) is 7.71. The molecule has 4 N–H and O–H groups in total. The summed E-state index contributed by atoms with van der Waals surface area (Å²) in [6, 6.07) is 15.4. The Bertz CT molecular complexity index is 967. The molecule has 2 amide bonds. The van der Waals surface area contributed by atoms with E-state index in [2.05, 4.69) is 45.2 Å². The highest BCUT2D eigenvalue weighted by Crippen LogP contribution is 2.36. The maximum atomic E-state index is 12.3. The van der Waals surface area contributed by atoms with Crippen LogP contribution < -0.4 is 16.0 Å². The highest BCUT2D eigenvalue weighted by molar-refractivity contribution is 7.22. The van der Waals surface area contributed by atoms with Gasteiger partial charge in [-0.2, -0.15) is 0 Å². The molecule has 3 aromatic rings. The summed E-state index contributed by atoms with van der Waals surface area (Å²) in [4.78, 5) is 16.7. The Morgan fingerprint density at radius 1 is 1.17 bits per heavy atom. The summed E-state index contributed by atoms with van der Waals surface area (Å²) in [6.45, 7) is 2.68. The minimum absolute atomic E-state index is 0.197. The van der Waals surface area contributed by atoms with Crippen LogP contribution in [0.1, 0.15) is 24.8 Å². The van der Waals surface area contributed by atoms with Gasteiger partial charge < -0.3 is 15.7 Å². The first-order valence-corrected chi connectivity index (χ1v) is 10.8. The Balaban J connectivity index is 1.33. The zero-order valence-corrected chi connectivity index (χ0v) is 17.1. The first kappa shape index (κ1) is 19.7. The maximum absolute atomic E-state index is 12.3. The van der Waals surface area contributed by atoms with Gasteiger partial charge in [-0.25, -0.2) is 9.78 Å². The van der Waals surface area contributed by atoms with Gasteiger partial charge in [0.2, 0.25) is 0 Å². The van der Waals surface area contributed by atoms with E-state index < -0.39 is 0 Å². The fraction of sp³-hybridized carbons (Fsp3) is 0.364. The fourth-order valence-corrected chi connectivity index (χ4v) is 4.94. The second kappa shape index (κ2) is 8.80. The first-order chi connectivity index (χ1) is 14.1. The molecule has 1 aliphatic heterocycles. The molecule has 7 heteroatoms. The topological polar surface area (TPSA) is 86.3 Å². The molecule has 0 spiro atoms. The van der Waals surface area contributed by atoms with Crippen LogP contribution in [0.25, 0.3) is 10.2 Å². The van der Waals surface area contributed by atoms with Crippen molar-refractivity contribution in [2.45, 2.75) is 25.7 Å². The molecule has 152 valence electrons. The second-order valence-corrected chi connectivity index (χ2v) is 8.74. The number of hydrogen-bond acceptors (Lipinski definition) is 5. The van der Waals surface area contributed by atoms with Crippen molar-refractivity contribution in [2.75, 3.05) is 25.0 Å². The van der Waals surface area contributed by atoms with Crippen LogP contribution in [-0.2, 0) is 6.42 Å². The number of thiazole rings is 1. The monoisotopic (exact) mass is 410 g/mol. The van der Waals surface area contributed by atoms with Crippen molar-refractivity contribution in [3.8, 4) is 5.75 Å². The van der Waals surface area contributed by atoms with E-state index in [1.54, 1.807) is 18.2 Å². The van der Waals surface area contributed by atoms with Crippen molar-refractivity contribution in [3.63, 3.8) is 0 Å². The summed E-state index contributed by atoms with van der Waals surface area (Å²) in [5.74, 6) is 0.197. The van der Waals surface area contributed by atoms with Gasteiger partial charge in [-0.1, -0.05) is 41.7 Å². The quantitative estimate of drug-likeness (QED) is 0.492. The molecule has 0 bridgehead atoms. The minimum atomic E-state index is -0.239. The van der Waals surface area contributed by atoms with Crippen molar-refractivity contribution < 1.29 is 9.90 Å². The molecular weight excluding hydrogens is 384 g/mol. The Hall–Kier alpha value is -2.64. The number of urea groups is 1. The summed E-state index contributed by atoms with van der Waals surface area (Å²) < 4.78 is 0.844. The third kappa shape index (κ3) is 5.05. The molecule has 1 fully saturated rings. The van der Waals surface area contributed by atoms with E-state index in [0.29, 0.717) is 11.7 Å². The number of nitrogens with zero attached hydrogens (tertiary/aromatic N) is 1. The summed E-state index contributed by atoms with van der Waals surface area (Å²) >= 11 is 1.35. The number of hydrogen-bond donors (Lipinski definition) is 4. The lowest BCUT2D eigenvalue weighted by Crippen LogP contribution is -2.41. The van der Waals surface area contributed by atoms with E-state index in [1.807, 2.05) is 6.07 Å². The molecule has 4 rings (SSSR count). The molecule has 0 atom stereocenters. The van der Waals surface area contributed by atoms with Crippen LogP contribution in [0.4, 0.5) is 9.93 Å². The van der Waals surface area contributed by atoms with Crippen molar-refractivity contribution in [1.29, 1.82) is 0 Å². The Labute approximate surface area is 174 Å². The molecule has 1 saturated heterocycles. The number of amides is 2. The molecule has 29 heavy (non-hydrogen) atoms. The number of benzene rings is 2. The summed E-state index contributed by atoms with van der Waals surface area (Å²) in [5, 5.41) is 19.4. The maximum Gasteiger partial charge on any atom is 0.321 e. The van der Waals surface area contributed by atoms with Crippen LogP contribution >= 0.6 is 11.3 Å². The number of aromatic nitrogens is 1. The predicted molar refractivity (Wildman–Crippen MR) is 118 cm³/mol. The van der Waals surface area contributed by atoms with Crippen LogP contribution in [0.3, 0.4) is 0 Å². The first-order valence-electron chi connectivity index (χ1n) is 10.0. The van der Waals surface area contributed by atoms with Crippen molar-refractivity contribution in [1.82, 2.24) is 15.6 Å². The number of rotatable bonds is 6. The molecule has 0 radical (unpaired) electrons. The number of fused-ring (bicyclic) bond motifs is 1. The molecular formula is C22H26N4O2S. The van der Waals surface area contributed by atoms with Gasteiger partial charge in [0, 0.05) is 6.54 Å². The van der Waals surface area contributed by atoms with E-state index >= 15 is 0 Å². The lowest BCUT2D eigenvalue weighted by Gasteiger charge is -2.38. The molecule has 0 unspecified atom stereocenters. The number of aromatic hydroxyl groups is 1. The predicted octanol–water partition coefficient (Wildman–Crippen LogP) is 4.13. The zero-order chi connectivity index (χ0) is 20.1. The van der Waals surface area contributed by atoms with Gasteiger partial charge in [-0.15, -0.1) is 0 Å². The van der Waals surface area contributed by atoms with Crippen LogP contribution in [0.2, 0.25) is 0 Å². The summed E-state index contributed by atoms with van der Waals surface area (Å²) in [5.41, 5.74) is 2.34. The lowest BCUT2D eigenvalue weighted by atomic mass is 9.72. The Morgan fingerprint density at radius 2 is 1.97 bits per heavy atom. The van der Waals surface area contributed by atoms with Gasteiger partial charge in [-0.05, 0) is 68.0 Å². The van der Waals surface area contributed by atoms with E-state index in [4.69, 9.17) is 0 Å². The standard InChI is InChI=1S/C22H26N4O2S/c27-17-6-7-18-19(14-17)29-21(25-18)26-20(28)24-13-10-22(8-11-23-12-9-22)15-16-4-2-1-3-5-16/h1-7,14,23,27H,8-13,15H2,(H2,24,25,26,28). The van der Waals surface area contributed by atoms with Crippen LogP contribution in [0.5, 0.6) is 5.75 Å². The van der Waals surface area contributed by atoms with Crippen LogP contribution in [-0.4, -0.2) is 35.8 Å². The molecule has 1 aromatic heterocycles. The number of nitrogens with one attached hydrogen (secondary N) is 3. The number of phenolic OH excluding ortho intramolecular Hbond substituents is 1. The average Bonchev–Trinajstić information content (AvgIpc) is 3.10. The van der Waals surface area contributed by atoms with Crippen LogP contribution in [0, 0.1) is 5.41 Å². The van der Waals surface area contributed by atoms with Gasteiger partial charge in [0.1, 0.15) is 5.75 Å². The smallest absolute Gasteiger partial charge is 0.321 e. The average molecular weight is 411 g/mol. The number of phenols is 1. The molecule has 2 heterocycles. The number of carbonyl (C=O) groups is 1. The summed E-state index contributed by atoms with van der Waals surface area (Å²) in [7, 11) is 0. The minimum Gasteiger partial charge on any atom is -0.508 e. The highest BCUT2D eigenvalue weighted by atomic mass is 32.1. The van der Waals surface area contributed by atoms with Gasteiger partial charge in [0.05, 0.1) is 10.2 Å².